The van der Waals surface area contributed by atoms with Crippen LogP contribution in [0, 0.1) is 0 Å². The third-order valence-corrected chi connectivity index (χ3v) is 1.12. The van der Waals surface area contributed by atoms with Gasteiger partial charge in [-0.15, -0.1) is 0 Å². The molecule has 0 spiro atoms. The van der Waals surface area contributed by atoms with E-state index in [-0.39, 0.29) is 0 Å². The first-order chi connectivity index (χ1) is 4.70. The average molecular weight is 133 g/mol. The van der Waals surface area contributed by atoms with Crippen molar-refractivity contribution in [3.8, 4) is 0 Å². The van der Waals surface area contributed by atoms with Crippen molar-refractivity contribution in [2.75, 3.05) is 0 Å². The molecule has 0 unspecified atom stereocenters. The molecule has 1 nitrogen and oxygen atoms in total. The topological polar surface area (TPSA) is 26.0 Å². The lowest BCUT2D eigenvalue weighted by atomic mass is 9.98. The van der Waals surface area contributed by atoms with E-state index in [1.165, 1.54) is 0 Å². The summed E-state index contributed by atoms with van der Waals surface area (Å²) in [4.78, 5) is 0. The Morgan fingerprint density at radius 2 is 2.20 bits per heavy atom. The van der Waals surface area contributed by atoms with Crippen LogP contribution in [0.1, 0.15) is 6.92 Å². The van der Waals surface area contributed by atoms with E-state index in [4.69, 9.17) is 13.6 Å². The maximum absolute atomic E-state index is 5.43. The molecular weight excluding hydrogens is 121 g/mol. The van der Waals surface area contributed by atoms with Gasteiger partial charge < -0.3 is 5.73 Å². The SMILES string of the molecule is [B]C/C(C)=C/C=C(/N)C=C. The summed E-state index contributed by atoms with van der Waals surface area (Å²) < 4.78 is 0. The molecular formula is C8H12BN. The summed E-state index contributed by atoms with van der Waals surface area (Å²) >= 11 is 0. The first-order valence-electron chi connectivity index (χ1n) is 3.16. The first kappa shape index (κ1) is 9.08. The Morgan fingerprint density at radius 1 is 1.60 bits per heavy atom. The molecule has 2 N–H and O–H groups in total. The molecule has 10 heavy (non-hydrogen) atoms. The molecule has 0 rings (SSSR count). The van der Waals surface area contributed by atoms with E-state index in [1.807, 2.05) is 13.0 Å². The fourth-order valence-corrected chi connectivity index (χ4v) is 0.375. The smallest absolute Gasteiger partial charge is 0.0712 e. The van der Waals surface area contributed by atoms with E-state index in [1.54, 1.807) is 12.2 Å². The van der Waals surface area contributed by atoms with Gasteiger partial charge in [-0.2, -0.15) is 0 Å². The fraction of sp³-hybridized carbons (Fsp3) is 0.250. The molecule has 2 heteroatoms. The van der Waals surface area contributed by atoms with Crippen molar-refractivity contribution in [1.82, 2.24) is 0 Å². The second-order valence-electron chi connectivity index (χ2n) is 2.09. The second kappa shape index (κ2) is 4.92. The monoisotopic (exact) mass is 133 g/mol. The van der Waals surface area contributed by atoms with Crippen LogP contribution in [0.3, 0.4) is 0 Å². The summed E-state index contributed by atoms with van der Waals surface area (Å²) in [6.45, 7) is 5.46. The normalized spacial score (nSPS) is 13.3. The first-order valence-corrected chi connectivity index (χ1v) is 3.16. The van der Waals surface area contributed by atoms with Crippen LogP contribution in [0.5, 0.6) is 0 Å². The molecule has 0 aromatic rings. The van der Waals surface area contributed by atoms with E-state index in [0.717, 1.165) is 5.57 Å². The predicted octanol–water partition coefficient (Wildman–Crippen LogP) is 1.55. The number of nitrogens with two attached hydrogens (primary N) is 1. The summed E-state index contributed by atoms with van der Waals surface area (Å²) in [6.07, 6.45) is 5.84. The highest BCUT2D eigenvalue weighted by Gasteiger charge is 1.80. The van der Waals surface area contributed by atoms with Crippen LogP contribution >= 0.6 is 0 Å². The number of hydrogen-bond acceptors (Lipinski definition) is 1. The minimum atomic E-state index is 0.570. The quantitative estimate of drug-likeness (QED) is 0.458. The van der Waals surface area contributed by atoms with Crippen LogP contribution in [0.15, 0.2) is 36.1 Å². The van der Waals surface area contributed by atoms with E-state index < -0.39 is 0 Å². The Hall–Kier alpha value is -0.915. The van der Waals surface area contributed by atoms with Crippen molar-refractivity contribution in [1.29, 1.82) is 0 Å². The highest BCUT2D eigenvalue weighted by atomic mass is 14.5. The van der Waals surface area contributed by atoms with Gasteiger partial charge in [-0.1, -0.05) is 24.5 Å². The fourth-order valence-electron chi connectivity index (χ4n) is 0.375. The summed E-state index contributed by atoms with van der Waals surface area (Å²) in [6, 6.07) is 0. The van der Waals surface area contributed by atoms with Crippen molar-refractivity contribution in [2.45, 2.75) is 13.2 Å². The molecule has 0 aromatic carbocycles. The van der Waals surface area contributed by atoms with Crippen LogP contribution in [0.25, 0.3) is 0 Å². The Kier molecular flexibility index (Phi) is 4.47. The van der Waals surface area contributed by atoms with Crippen LogP contribution < -0.4 is 5.73 Å². The van der Waals surface area contributed by atoms with Crippen molar-refractivity contribution < 1.29 is 0 Å². The molecule has 0 fully saturated rings. The predicted molar refractivity (Wildman–Crippen MR) is 46.8 cm³/mol. The largest absolute Gasteiger partial charge is 0.399 e. The van der Waals surface area contributed by atoms with Gasteiger partial charge in [0.25, 0.3) is 0 Å². The maximum atomic E-state index is 5.43. The van der Waals surface area contributed by atoms with Gasteiger partial charge >= 0.3 is 0 Å². The molecule has 0 saturated heterocycles. The van der Waals surface area contributed by atoms with Gasteiger partial charge in [-0.05, 0) is 19.1 Å². The van der Waals surface area contributed by atoms with Crippen LogP contribution in [0.4, 0.5) is 0 Å². The summed E-state index contributed by atoms with van der Waals surface area (Å²) in [7, 11) is 5.34. The molecule has 0 aliphatic carbocycles. The Balaban J connectivity index is 4.03. The Morgan fingerprint density at radius 3 is 2.60 bits per heavy atom. The van der Waals surface area contributed by atoms with Gasteiger partial charge in [0, 0.05) is 5.70 Å². The van der Waals surface area contributed by atoms with Gasteiger partial charge in [0.15, 0.2) is 0 Å². The van der Waals surface area contributed by atoms with E-state index in [2.05, 4.69) is 6.58 Å². The molecule has 0 bridgehead atoms. The van der Waals surface area contributed by atoms with Gasteiger partial charge in [-0.25, -0.2) is 0 Å². The number of hydrogen-bond donors (Lipinski definition) is 1. The standard InChI is InChI=1S/C8H12BN/c1-3-8(10)5-4-7(2)6-9/h3-5H,1,6,10H2,2H3/b7-4+,8-5+. The molecule has 0 saturated carbocycles. The summed E-state index contributed by atoms with van der Waals surface area (Å²) in [5.41, 5.74) is 7.20. The molecule has 0 aromatic heterocycles. The zero-order valence-electron chi connectivity index (χ0n) is 6.30. The lowest BCUT2D eigenvalue weighted by molar-refractivity contribution is 1.36. The summed E-state index contributed by atoms with van der Waals surface area (Å²) in [5.74, 6) is 0. The lowest BCUT2D eigenvalue weighted by Gasteiger charge is -1.91. The second-order valence-corrected chi connectivity index (χ2v) is 2.09. The molecule has 0 aliphatic heterocycles. The van der Waals surface area contributed by atoms with Crippen LogP contribution in [-0.2, 0) is 0 Å². The molecule has 52 valence electrons. The van der Waals surface area contributed by atoms with E-state index in [0.29, 0.717) is 12.0 Å². The van der Waals surface area contributed by atoms with E-state index >= 15 is 0 Å². The van der Waals surface area contributed by atoms with Gasteiger partial charge in [0.1, 0.15) is 0 Å². The van der Waals surface area contributed by atoms with Gasteiger partial charge in [-0.3, -0.25) is 0 Å². The van der Waals surface area contributed by atoms with Gasteiger partial charge in [0.2, 0.25) is 0 Å². The zero-order valence-corrected chi connectivity index (χ0v) is 6.30. The number of rotatable bonds is 3. The third-order valence-electron chi connectivity index (χ3n) is 1.12. The van der Waals surface area contributed by atoms with Gasteiger partial charge in [0.05, 0.1) is 7.85 Å². The molecule has 0 amide bonds. The average Bonchev–Trinajstić information content (AvgIpc) is 1.99. The maximum Gasteiger partial charge on any atom is 0.0712 e. The minimum Gasteiger partial charge on any atom is -0.399 e. The highest BCUT2D eigenvalue weighted by Crippen LogP contribution is 1.97. The molecule has 0 heterocycles. The zero-order chi connectivity index (χ0) is 7.98. The Labute approximate surface area is 63.7 Å². The summed E-state index contributed by atoms with van der Waals surface area (Å²) in [5, 5.41) is 0. The van der Waals surface area contributed by atoms with Crippen LogP contribution in [0.2, 0.25) is 6.32 Å². The minimum absolute atomic E-state index is 0.570. The Bertz CT molecular complexity index is 168. The molecule has 0 atom stereocenters. The third kappa shape index (κ3) is 4.01. The van der Waals surface area contributed by atoms with Crippen molar-refractivity contribution in [3.63, 3.8) is 0 Å². The number of allylic oxidation sites excluding steroid dienone is 4. The molecule has 0 aliphatic rings. The van der Waals surface area contributed by atoms with Crippen molar-refractivity contribution in [3.05, 3.63) is 36.1 Å². The van der Waals surface area contributed by atoms with Crippen molar-refractivity contribution >= 4 is 7.85 Å². The van der Waals surface area contributed by atoms with E-state index in [9.17, 15) is 0 Å². The van der Waals surface area contributed by atoms with Crippen molar-refractivity contribution in [2.24, 2.45) is 5.73 Å². The lowest BCUT2D eigenvalue weighted by Crippen LogP contribution is -1.90. The molecule has 2 radical (unpaired) electrons. The van der Waals surface area contributed by atoms with Crippen LogP contribution in [-0.4, -0.2) is 7.85 Å². The highest BCUT2D eigenvalue weighted by molar-refractivity contribution is 6.10.